The van der Waals surface area contributed by atoms with E-state index in [1.54, 1.807) is 12.1 Å². The minimum atomic E-state index is -0.306. The van der Waals surface area contributed by atoms with Crippen molar-refractivity contribution in [2.45, 2.75) is 77.8 Å². The van der Waals surface area contributed by atoms with Crippen LogP contribution in [0.1, 0.15) is 59.3 Å². The molecule has 2 N–H and O–H groups in total. The number of hydrogen-bond acceptors (Lipinski definition) is 5. The van der Waals surface area contributed by atoms with Crippen molar-refractivity contribution < 1.29 is 28.8 Å². The first-order valence-corrected chi connectivity index (χ1v) is 11.9. The summed E-state index contributed by atoms with van der Waals surface area (Å²) in [6.45, 7) is 6.85. The van der Waals surface area contributed by atoms with Gasteiger partial charge in [0, 0.05) is 18.0 Å². The van der Waals surface area contributed by atoms with E-state index in [2.05, 4.69) is 31.0 Å². The quantitative estimate of drug-likeness (QED) is 0.468. The fourth-order valence-electron chi connectivity index (χ4n) is 5.92. The van der Waals surface area contributed by atoms with E-state index < -0.39 is 0 Å². The van der Waals surface area contributed by atoms with Crippen molar-refractivity contribution in [1.82, 2.24) is 0 Å². The summed E-state index contributed by atoms with van der Waals surface area (Å²) >= 11 is 0. The summed E-state index contributed by atoms with van der Waals surface area (Å²) in [5, 5.41) is 9.92. The number of halogens is 1. The Morgan fingerprint density at radius 1 is 1.09 bits per heavy atom. The van der Waals surface area contributed by atoms with E-state index in [1.165, 1.54) is 38.5 Å². The molecule has 1 saturated carbocycles. The maximum Gasteiger partial charge on any atom is 0.224 e. The Labute approximate surface area is 190 Å². The molecule has 1 aromatic carbocycles. The number of hydrogen-bond donors (Lipinski definition) is 2. The third-order valence-corrected chi connectivity index (χ3v) is 7.62. The predicted octanol–water partition coefficient (Wildman–Crippen LogP) is 5.49. The van der Waals surface area contributed by atoms with Crippen LogP contribution in [0.15, 0.2) is 24.3 Å². The van der Waals surface area contributed by atoms with Crippen LogP contribution in [-0.2, 0) is 19.2 Å². The number of rotatable bonds is 4. The lowest BCUT2D eigenvalue weighted by molar-refractivity contribution is -0.277. The molecule has 5 unspecified atom stereocenters. The van der Waals surface area contributed by atoms with Crippen molar-refractivity contribution in [3.05, 3.63) is 30.1 Å². The van der Waals surface area contributed by atoms with E-state index in [9.17, 15) is 9.18 Å². The first-order valence-electron chi connectivity index (χ1n) is 11.9. The molecular weight excluding hydrogens is 413 g/mol. The summed E-state index contributed by atoms with van der Waals surface area (Å²) in [5.41, 5.74) is 0.624. The average molecular weight is 452 g/mol. The first kappa shape index (κ1) is 25.1. The Kier molecular flexibility index (Phi) is 9.05. The number of anilines is 1. The summed E-state index contributed by atoms with van der Waals surface area (Å²) in [6, 6.07) is 5.88. The van der Waals surface area contributed by atoms with Gasteiger partial charge in [0.25, 0.3) is 0 Å². The second kappa shape index (κ2) is 11.5. The molecule has 7 heteroatoms. The fourth-order valence-corrected chi connectivity index (χ4v) is 5.92. The lowest BCUT2D eigenvalue weighted by atomic mass is 9.60. The summed E-state index contributed by atoms with van der Waals surface area (Å²) in [4.78, 5) is 15.7. The Bertz CT molecular complexity index is 730. The maximum absolute atomic E-state index is 13.0. The SMILES string of the molecule is CC1CCC2C3[C@@H](O1)OC(CCC(=O)Nc1ccc(F)cc1)C(C)[C@@H]3CC[C@H]2C.COO. The zero-order chi connectivity index (χ0) is 23.3. The molecule has 1 aliphatic carbocycles. The molecule has 3 aliphatic rings. The average Bonchev–Trinajstić information content (AvgIpc) is 2.92. The third kappa shape index (κ3) is 6.07. The molecule has 3 fully saturated rings. The minimum Gasteiger partial charge on any atom is -0.349 e. The van der Waals surface area contributed by atoms with Crippen molar-refractivity contribution in [1.29, 1.82) is 0 Å². The Morgan fingerprint density at radius 2 is 1.75 bits per heavy atom. The molecule has 180 valence electrons. The minimum absolute atomic E-state index is 0.0413. The number of carbonyl (C=O) groups is 1. The molecular formula is C25H38FNO5. The van der Waals surface area contributed by atoms with E-state index >= 15 is 0 Å². The summed E-state index contributed by atoms with van der Waals surface area (Å²) in [7, 11) is 1.18. The molecule has 0 spiro atoms. The second-order valence-electron chi connectivity index (χ2n) is 9.66. The van der Waals surface area contributed by atoms with E-state index in [-0.39, 0.29) is 30.2 Å². The van der Waals surface area contributed by atoms with Crippen LogP contribution in [-0.4, -0.2) is 36.8 Å². The van der Waals surface area contributed by atoms with E-state index in [0.717, 1.165) is 12.3 Å². The number of nitrogens with one attached hydrogen (secondary N) is 1. The van der Waals surface area contributed by atoms with Gasteiger partial charge >= 0.3 is 0 Å². The normalized spacial score (nSPS) is 36.2. The highest BCUT2D eigenvalue weighted by molar-refractivity contribution is 5.90. The van der Waals surface area contributed by atoms with Crippen molar-refractivity contribution in [2.24, 2.45) is 29.6 Å². The van der Waals surface area contributed by atoms with E-state index in [1.807, 2.05) is 0 Å². The van der Waals surface area contributed by atoms with Crippen LogP contribution in [0.5, 0.6) is 0 Å². The topological polar surface area (TPSA) is 77.0 Å². The number of ether oxygens (including phenoxy) is 2. The molecule has 32 heavy (non-hydrogen) atoms. The largest absolute Gasteiger partial charge is 0.349 e. The molecule has 2 aliphatic heterocycles. The second-order valence-corrected chi connectivity index (χ2v) is 9.66. The molecule has 1 aromatic rings. The molecule has 1 amide bonds. The Hall–Kier alpha value is -1.54. The van der Waals surface area contributed by atoms with Crippen molar-refractivity contribution in [3.63, 3.8) is 0 Å². The molecule has 0 radical (unpaired) electrons. The molecule has 6 nitrogen and oxygen atoms in total. The third-order valence-electron chi connectivity index (χ3n) is 7.62. The van der Waals surface area contributed by atoms with Crippen LogP contribution in [0.25, 0.3) is 0 Å². The van der Waals surface area contributed by atoms with Gasteiger partial charge in [0.1, 0.15) is 5.82 Å². The van der Waals surface area contributed by atoms with Gasteiger partial charge in [0.15, 0.2) is 6.29 Å². The standard InChI is InChI=1S/C24H34FNO3.CH4O2/c1-14-4-10-20-16(3)21(29-24-23(20)19(14)11-5-15(2)28-24)12-13-22(27)26-18-8-6-17(25)7-9-18;1-3-2/h6-9,14-16,19-21,23-24H,4-5,10-13H2,1-3H3,(H,26,27);2H,1H3/t14-,15?,16?,19?,20+,21?,23?,24+;/m1./s1. The molecule has 0 bridgehead atoms. The van der Waals surface area contributed by atoms with Crippen molar-refractivity contribution >= 4 is 11.6 Å². The highest BCUT2D eigenvalue weighted by Crippen LogP contribution is 2.52. The molecule has 2 heterocycles. The zero-order valence-electron chi connectivity index (χ0n) is 19.6. The molecule has 4 rings (SSSR count). The fraction of sp³-hybridized carbons (Fsp3) is 0.720. The lowest BCUT2D eigenvalue weighted by Gasteiger charge is -2.52. The van der Waals surface area contributed by atoms with Gasteiger partial charge in [-0.25, -0.2) is 9.28 Å². The molecule has 2 saturated heterocycles. The summed E-state index contributed by atoms with van der Waals surface area (Å²) in [6.07, 6.45) is 6.09. The highest BCUT2D eigenvalue weighted by atomic mass is 19.1. The van der Waals surface area contributed by atoms with Gasteiger partial charge in [0.2, 0.25) is 5.91 Å². The predicted molar refractivity (Wildman–Crippen MR) is 120 cm³/mol. The maximum atomic E-state index is 13.0. The highest BCUT2D eigenvalue weighted by Gasteiger charge is 2.51. The van der Waals surface area contributed by atoms with Crippen LogP contribution < -0.4 is 5.32 Å². The van der Waals surface area contributed by atoms with Gasteiger partial charge in [-0.3, -0.25) is 10.1 Å². The van der Waals surface area contributed by atoms with Crippen LogP contribution in [0.4, 0.5) is 10.1 Å². The number of amides is 1. The molecule has 8 atom stereocenters. The number of carbonyl (C=O) groups excluding carboxylic acids is 1. The van der Waals surface area contributed by atoms with Gasteiger partial charge in [-0.15, -0.1) is 0 Å². The van der Waals surface area contributed by atoms with Crippen LogP contribution in [0.3, 0.4) is 0 Å². The van der Waals surface area contributed by atoms with Crippen LogP contribution in [0.2, 0.25) is 0 Å². The van der Waals surface area contributed by atoms with Gasteiger partial charge in [-0.1, -0.05) is 20.3 Å². The lowest BCUT2D eigenvalue weighted by Crippen LogP contribution is -2.53. The van der Waals surface area contributed by atoms with Crippen LogP contribution in [0, 0.1) is 35.4 Å². The Morgan fingerprint density at radius 3 is 2.44 bits per heavy atom. The van der Waals surface area contributed by atoms with E-state index in [0.29, 0.717) is 42.2 Å². The van der Waals surface area contributed by atoms with Gasteiger partial charge in [0.05, 0.1) is 19.3 Å². The summed E-state index contributed by atoms with van der Waals surface area (Å²) in [5.74, 6) is 2.60. The van der Waals surface area contributed by atoms with Gasteiger partial charge in [-0.2, -0.15) is 0 Å². The van der Waals surface area contributed by atoms with E-state index in [4.69, 9.17) is 14.7 Å². The molecule has 0 aromatic heterocycles. The Balaban J connectivity index is 0.000000913. The summed E-state index contributed by atoms with van der Waals surface area (Å²) < 4.78 is 25.9. The number of benzene rings is 1. The van der Waals surface area contributed by atoms with Gasteiger partial charge in [-0.05, 0) is 80.5 Å². The van der Waals surface area contributed by atoms with Crippen molar-refractivity contribution in [2.75, 3.05) is 12.4 Å². The smallest absolute Gasteiger partial charge is 0.224 e. The zero-order valence-corrected chi connectivity index (χ0v) is 19.6. The monoisotopic (exact) mass is 451 g/mol. The van der Waals surface area contributed by atoms with Crippen molar-refractivity contribution in [3.8, 4) is 0 Å². The van der Waals surface area contributed by atoms with Crippen LogP contribution >= 0.6 is 0 Å². The van der Waals surface area contributed by atoms with Gasteiger partial charge < -0.3 is 14.8 Å². The first-order chi connectivity index (χ1) is 15.3.